The van der Waals surface area contributed by atoms with Gasteiger partial charge in [-0.1, -0.05) is 6.07 Å². The molecule has 0 saturated heterocycles. The van der Waals surface area contributed by atoms with Gasteiger partial charge in [-0.05, 0) is 25.1 Å². The van der Waals surface area contributed by atoms with Gasteiger partial charge in [0.05, 0.1) is 28.2 Å². The SMILES string of the molecule is Cc1nc2n[nH]c(-c3ccccn3)c2cc1N. The van der Waals surface area contributed by atoms with Crippen molar-refractivity contribution in [3.05, 3.63) is 36.2 Å². The lowest BCUT2D eigenvalue weighted by Crippen LogP contribution is -1.92. The molecular weight excluding hydrogens is 214 g/mol. The van der Waals surface area contributed by atoms with Crippen molar-refractivity contribution in [3.63, 3.8) is 0 Å². The van der Waals surface area contributed by atoms with E-state index >= 15 is 0 Å². The van der Waals surface area contributed by atoms with Gasteiger partial charge in [-0.25, -0.2) is 4.98 Å². The second-order valence-electron chi connectivity index (χ2n) is 3.85. The van der Waals surface area contributed by atoms with Gasteiger partial charge >= 0.3 is 0 Å². The molecule has 3 rings (SSSR count). The first-order valence-electron chi connectivity index (χ1n) is 5.28. The zero-order valence-corrected chi connectivity index (χ0v) is 9.31. The van der Waals surface area contributed by atoms with E-state index in [0.717, 1.165) is 22.5 Å². The molecule has 0 spiro atoms. The molecule has 0 bridgehead atoms. The molecule has 0 unspecified atom stereocenters. The Morgan fingerprint density at radius 3 is 2.94 bits per heavy atom. The zero-order valence-electron chi connectivity index (χ0n) is 9.31. The number of aromatic nitrogens is 4. The second kappa shape index (κ2) is 3.55. The summed E-state index contributed by atoms with van der Waals surface area (Å²) in [6.07, 6.45) is 1.74. The number of aryl methyl sites for hydroxylation is 1. The van der Waals surface area contributed by atoms with Crippen LogP contribution in [0.25, 0.3) is 22.4 Å². The van der Waals surface area contributed by atoms with Gasteiger partial charge in [-0.15, -0.1) is 0 Å². The average molecular weight is 225 g/mol. The number of rotatable bonds is 1. The van der Waals surface area contributed by atoms with Crippen molar-refractivity contribution in [2.45, 2.75) is 6.92 Å². The monoisotopic (exact) mass is 225 g/mol. The van der Waals surface area contributed by atoms with E-state index in [-0.39, 0.29) is 0 Å². The van der Waals surface area contributed by atoms with Gasteiger partial charge in [-0.2, -0.15) is 5.10 Å². The highest BCUT2D eigenvalue weighted by atomic mass is 15.2. The summed E-state index contributed by atoms with van der Waals surface area (Å²) in [5, 5.41) is 8.01. The van der Waals surface area contributed by atoms with Gasteiger partial charge < -0.3 is 5.73 Å². The molecule has 0 amide bonds. The molecule has 0 saturated carbocycles. The molecule has 0 aliphatic carbocycles. The van der Waals surface area contributed by atoms with E-state index in [1.165, 1.54) is 0 Å². The van der Waals surface area contributed by atoms with Gasteiger partial charge in [0.2, 0.25) is 0 Å². The first kappa shape index (κ1) is 9.77. The highest BCUT2D eigenvalue weighted by molar-refractivity contribution is 5.91. The number of fused-ring (bicyclic) bond motifs is 1. The number of aromatic amines is 1. The Kier molecular flexibility index (Phi) is 2.04. The molecule has 0 radical (unpaired) electrons. The minimum atomic E-state index is 0.663. The molecule has 5 heteroatoms. The highest BCUT2D eigenvalue weighted by Crippen LogP contribution is 2.25. The molecule has 0 aromatic carbocycles. The maximum atomic E-state index is 5.87. The molecule has 0 fully saturated rings. The molecule has 3 aromatic rings. The number of pyridine rings is 2. The molecule has 84 valence electrons. The molecule has 0 atom stereocenters. The number of nitrogens with zero attached hydrogens (tertiary/aromatic N) is 3. The van der Waals surface area contributed by atoms with E-state index in [1.807, 2.05) is 31.2 Å². The van der Waals surface area contributed by atoms with Crippen LogP contribution in [-0.4, -0.2) is 20.2 Å². The van der Waals surface area contributed by atoms with E-state index in [0.29, 0.717) is 11.3 Å². The Morgan fingerprint density at radius 1 is 1.29 bits per heavy atom. The number of nitrogens with one attached hydrogen (secondary N) is 1. The average Bonchev–Trinajstić information content (AvgIpc) is 2.74. The van der Waals surface area contributed by atoms with E-state index in [2.05, 4.69) is 20.2 Å². The fourth-order valence-electron chi connectivity index (χ4n) is 1.75. The smallest absolute Gasteiger partial charge is 0.181 e. The predicted molar refractivity (Wildman–Crippen MR) is 66.3 cm³/mol. The third kappa shape index (κ3) is 1.52. The number of anilines is 1. The zero-order chi connectivity index (χ0) is 11.8. The summed E-state index contributed by atoms with van der Waals surface area (Å²) < 4.78 is 0. The fourth-order valence-corrected chi connectivity index (χ4v) is 1.75. The first-order valence-corrected chi connectivity index (χ1v) is 5.28. The summed E-state index contributed by atoms with van der Waals surface area (Å²) in [6, 6.07) is 7.60. The Balaban J connectivity index is 2.29. The van der Waals surface area contributed by atoms with Crippen LogP contribution in [0.4, 0.5) is 5.69 Å². The van der Waals surface area contributed by atoms with Crippen LogP contribution < -0.4 is 5.73 Å². The normalized spacial score (nSPS) is 10.9. The summed E-state index contributed by atoms with van der Waals surface area (Å²) in [5.41, 5.74) is 9.66. The van der Waals surface area contributed by atoms with Crippen LogP contribution in [-0.2, 0) is 0 Å². The molecule has 0 aliphatic heterocycles. The van der Waals surface area contributed by atoms with Crippen LogP contribution in [0, 0.1) is 6.92 Å². The minimum Gasteiger partial charge on any atom is -0.397 e. The van der Waals surface area contributed by atoms with E-state index in [1.54, 1.807) is 6.20 Å². The Labute approximate surface area is 97.7 Å². The van der Waals surface area contributed by atoms with Gasteiger partial charge in [0.15, 0.2) is 5.65 Å². The summed E-state index contributed by atoms with van der Waals surface area (Å²) >= 11 is 0. The van der Waals surface area contributed by atoms with Gasteiger partial charge in [-0.3, -0.25) is 10.1 Å². The second-order valence-corrected chi connectivity index (χ2v) is 3.85. The molecule has 0 aliphatic rings. The Morgan fingerprint density at radius 2 is 2.18 bits per heavy atom. The highest BCUT2D eigenvalue weighted by Gasteiger charge is 2.10. The van der Waals surface area contributed by atoms with Crippen molar-refractivity contribution in [1.29, 1.82) is 0 Å². The van der Waals surface area contributed by atoms with Crippen molar-refractivity contribution in [1.82, 2.24) is 20.2 Å². The molecule has 3 aromatic heterocycles. The topological polar surface area (TPSA) is 80.5 Å². The van der Waals surface area contributed by atoms with Crippen molar-refractivity contribution in [2.75, 3.05) is 5.73 Å². The maximum Gasteiger partial charge on any atom is 0.181 e. The summed E-state index contributed by atoms with van der Waals surface area (Å²) in [6.45, 7) is 1.86. The summed E-state index contributed by atoms with van der Waals surface area (Å²) in [5.74, 6) is 0. The quantitative estimate of drug-likeness (QED) is 0.663. The predicted octanol–water partition coefficient (Wildman–Crippen LogP) is 1.91. The van der Waals surface area contributed by atoms with Crippen LogP contribution in [0.2, 0.25) is 0 Å². The van der Waals surface area contributed by atoms with Crippen LogP contribution in [0.1, 0.15) is 5.69 Å². The van der Waals surface area contributed by atoms with Gasteiger partial charge in [0.1, 0.15) is 0 Å². The Hall–Kier alpha value is -2.43. The number of hydrogen-bond donors (Lipinski definition) is 2. The van der Waals surface area contributed by atoms with E-state index in [4.69, 9.17) is 5.73 Å². The van der Waals surface area contributed by atoms with Crippen LogP contribution in [0.15, 0.2) is 30.5 Å². The van der Waals surface area contributed by atoms with Crippen LogP contribution in [0.3, 0.4) is 0 Å². The third-order valence-corrected chi connectivity index (χ3v) is 2.70. The van der Waals surface area contributed by atoms with E-state index < -0.39 is 0 Å². The van der Waals surface area contributed by atoms with Crippen molar-refractivity contribution in [2.24, 2.45) is 0 Å². The Bertz CT molecular complexity index is 672. The molecular formula is C12H11N5. The largest absolute Gasteiger partial charge is 0.397 e. The first-order chi connectivity index (χ1) is 8.25. The number of nitrogens with two attached hydrogens (primary N) is 1. The van der Waals surface area contributed by atoms with Crippen LogP contribution >= 0.6 is 0 Å². The van der Waals surface area contributed by atoms with Crippen LogP contribution in [0.5, 0.6) is 0 Å². The number of nitrogen functional groups attached to an aromatic ring is 1. The lowest BCUT2D eigenvalue weighted by Gasteiger charge is -2.00. The maximum absolute atomic E-state index is 5.87. The number of H-pyrrole nitrogens is 1. The lowest BCUT2D eigenvalue weighted by molar-refractivity contribution is 1.08. The number of hydrogen-bond acceptors (Lipinski definition) is 4. The molecule has 17 heavy (non-hydrogen) atoms. The van der Waals surface area contributed by atoms with Crippen molar-refractivity contribution in [3.8, 4) is 11.4 Å². The van der Waals surface area contributed by atoms with Gasteiger partial charge in [0, 0.05) is 6.20 Å². The summed E-state index contributed by atoms with van der Waals surface area (Å²) in [4.78, 5) is 8.61. The standard InChI is InChI=1S/C12H11N5/c1-7-9(13)6-8-11(16-17-12(8)15-7)10-4-2-3-5-14-10/h2-6H,13H2,1H3,(H,15,16,17). The lowest BCUT2D eigenvalue weighted by atomic mass is 10.2. The van der Waals surface area contributed by atoms with Crippen molar-refractivity contribution < 1.29 is 0 Å². The summed E-state index contributed by atoms with van der Waals surface area (Å²) in [7, 11) is 0. The minimum absolute atomic E-state index is 0.663. The molecule has 3 heterocycles. The third-order valence-electron chi connectivity index (χ3n) is 2.70. The molecule has 3 N–H and O–H groups in total. The van der Waals surface area contributed by atoms with E-state index in [9.17, 15) is 0 Å². The van der Waals surface area contributed by atoms with Crippen molar-refractivity contribution >= 4 is 16.7 Å². The van der Waals surface area contributed by atoms with Gasteiger partial charge in [0.25, 0.3) is 0 Å². The molecule has 5 nitrogen and oxygen atoms in total. The fraction of sp³-hybridized carbons (Fsp3) is 0.0833.